The monoisotopic (exact) mass is 227 g/mol. The van der Waals surface area contributed by atoms with Crippen LogP contribution in [0.25, 0.3) is 0 Å². The lowest BCUT2D eigenvalue weighted by Crippen LogP contribution is -2.55. The van der Waals surface area contributed by atoms with Crippen LogP contribution in [0.4, 0.5) is 0 Å². The van der Waals surface area contributed by atoms with Gasteiger partial charge < -0.3 is 10.1 Å². The molecule has 96 valence electrons. The number of hydrogen-bond donors (Lipinski definition) is 1. The highest BCUT2D eigenvalue weighted by Crippen LogP contribution is 2.39. The molecule has 0 saturated heterocycles. The number of rotatable bonds is 9. The molecular formula is C14H29NO. The molecule has 0 aromatic carbocycles. The molecule has 0 amide bonds. The summed E-state index contributed by atoms with van der Waals surface area (Å²) in [6.45, 7) is 2.27. The Bertz CT molecular complexity index is 172. The van der Waals surface area contributed by atoms with Crippen LogP contribution in [0.15, 0.2) is 0 Å². The number of ether oxygens (including phenoxy) is 1. The van der Waals surface area contributed by atoms with E-state index in [9.17, 15) is 0 Å². The first-order valence-corrected chi connectivity index (χ1v) is 7.01. The molecule has 1 N–H and O–H groups in total. The molecule has 0 spiro atoms. The van der Waals surface area contributed by atoms with E-state index >= 15 is 0 Å². The van der Waals surface area contributed by atoms with Gasteiger partial charge in [-0.25, -0.2) is 0 Å². The number of nitrogens with one attached hydrogen (secondary N) is 1. The lowest BCUT2D eigenvalue weighted by Gasteiger charge is -2.46. The second kappa shape index (κ2) is 7.29. The average molecular weight is 227 g/mol. The molecule has 0 aliphatic heterocycles. The van der Waals surface area contributed by atoms with Crippen molar-refractivity contribution < 1.29 is 4.74 Å². The van der Waals surface area contributed by atoms with Gasteiger partial charge in [0.15, 0.2) is 0 Å². The van der Waals surface area contributed by atoms with Crippen molar-refractivity contribution in [2.24, 2.45) is 0 Å². The minimum atomic E-state index is 0.166. The molecule has 2 nitrogen and oxygen atoms in total. The maximum absolute atomic E-state index is 5.74. The van der Waals surface area contributed by atoms with E-state index in [1.165, 1.54) is 57.8 Å². The molecule has 1 aliphatic rings. The summed E-state index contributed by atoms with van der Waals surface area (Å²) in [7, 11) is 3.95. The maximum Gasteiger partial charge on any atom is 0.0830 e. The van der Waals surface area contributed by atoms with Crippen molar-refractivity contribution in [1.82, 2.24) is 5.32 Å². The normalized spacial score (nSPS) is 20.4. The average Bonchev–Trinajstić information content (AvgIpc) is 2.25. The second-order valence-electron chi connectivity index (χ2n) is 5.17. The molecular weight excluding hydrogens is 198 g/mol. The first-order chi connectivity index (χ1) is 7.79. The summed E-state index contributed by atoms with van der Waals surface area (Å²) >= 11 is 0. The van der Waals surface area contributed by atoms with Gasteiger partial charge in [0.1, 0.15) is 0 Å². The molecule has 0 bridgehead atoms. The SMILES string of the molecule is CCCCCCCC(NC)C1(OC)CCC1. The van der Waals surface area contributed by atoms with Crippen molar-refractivity contribution in [2.75, 3.05) is 14.2 Å². The summed E-state index contributed by atoms with van der Waals surface area (Å²) in [5.74, 6) is 0. The van der Waals surface area contributed by atoms with E-state index in [4.69, 9.17) is 4.74 Å². The molecule has 16 heavy (non-hydrogen) atoms. The molecule has 0 heterocycles. The first-order valence-electron chi connectivity index (χ1n) is 7.01. The van der Waals surface area contributed by atoms with Gasteiger partial charge in [0.25, 0.3) is 0 Å². The zero-order valence-electron chi connectivity index (χ0n) is 11.3. The Labute approximate surface area is 101 Å². The van der Waals surface area contributed by atoms with Crippen molar-refractivity contribution in [3.8, 4) is 0 Å². The highest BCUT2D eigenvalue weighted by molar-refractivity contribution is 4.98. The Hall–Kier alpha value is -0.0800. The van der Waals surface area contributed by atoms with Crippen molar-refractivity contribution in [1.29, 1.82) is 0 Å². The quantitative estimate of drug-likeness (QED) is 0.609. The number of unbranched alkanes of at least 4 members (excludes halogenated alkanes) is 4. The Kier molecular flexibility index (Phi) is 6.37. The molecule has 1 unspecified atom stereocenters. The molecule has 0 aromatic heterocycles. The summed E-state index contributed by atoms with van der Waals surface area (Å²) in [6.07, 6.45) is 11.9. The van der Waals surface area contributed by atoms with E-state index in [0.717, 1.165) is 0 Å². The van der Waals surface area contributed by atoms with Crippen molar-refractivity contribution >= 4 is 0 Å². The summed E-state index contributed by atoms with van der Waals surface area (Å²) in [5, 5.41) is 3.46. The van der Waals surface area contributed by atoms with Gasteiger partial charge in [0, 0.05) is 13.2 Å². The van der Waals surface area contributed by atoms with E-state index in [1.807, 2.05) is 7.11 Å². The van der Waals surface area contributed by atoms with Crippen LogP contribution in [0.5, 0.6) is 0 Å². The van der Waals surface area contributed by atoms with Crippen molar-refractivity contribution in [3.63, 3.8) is 0 Å². The van der Waals surface area contributed by atoms with Crippen LogP contribution in [0.1, 0.15) is 64.7 Å². The largest absolute Gasteiger partial charge is 0.377 e. The fourth-order valence-electron chi connectivity index (χ4n) is 2.84. The van der Waals surface area contributed by atoms with Gasteiger partial charge in [-0.2, -0.15) is 0 Å². The van der Waals surface area contributed by atoms with Gasteiger partial charge in [0.05, 0.1) is 5.60 Å². The third-order valence-electron chi connectivity index (χ3n) is 4.19. The molecule has 0 radical (unpaired) electrons. The van der Waals surface area contributed by atoms with Crippen molar-refractivity contribution in [2.45, 2.75) is 76.4 Å². The fourth-order valence-corrected chi connectivity index (χ4v) is 2.84. The fraction of sp³-hybridized carbons (Fsp3) is 1.00. The van der Waals surface area contributed by atoms with Crippen molar-refractivity contribution in [3.05, 3.63) is 0 Å². The van der Waals surface area contributed by atoms with Gasteiger partial charge in [-0.3, -0.25) is 0 Å². The standard InChI is InChI=1S/C14H29NO/c1-4-5-6-7-8-10-13(15-2)14(16-3)11-9-12-14/h13,15H,4-12H2,1-3H3. The van der Waals surface area contributed by atoms with Gasteiger partial charge in [-0.15, -0.1) is 0 Å². The first kappa shape index (κ1) is 14.0. The van der Waals surface area contributed by atoms with Gasteiger partial charge in [-0.1, -0.05) is 39.0 Å². The van der Waals surface area contributed by atoms with Gasteiger partial charge in [-0.05, 0) is 32.7 Å². The highest BCUT2D eigenvalue weighted by atomic mass is 16.5. The van der Waals surface area contributed by atoms with Crippen LogP contribution in [0, 0.1) is 0 Å². The van der Waals surface area contributed by atoms with Crippen LogP contribution in [-0.4, -0.2) is 25.8 Å². The molecule has 1 atom stereocenters. The van der Waals surface area contributed by atoms with Crippen LogP contribution in [0.3, 0.4) is 0 Å². The molecule has 1 rings (SSSR count). The molecule has 2 heteroatoms. The Morgan fingerprint density at radius 1 is 1.19 bits per heavy atom. The maximum atomic E-state index is 5.74. The Balaban J connectivity index is 2.21. The molecule has 0 aromatic rings. The van der Waals surface area contributed by atoms with Crippen LogP contribution >= 0.6 is 0 Å². The minimum Gasteiger partial charge on any atom is -0.377 e. The van der Waals surface area contributed by atoms with E-state index < -0.39 is 0 Å². The molecule has 1 saturated carbocycles. The predicted octanol–water partition coefficient (Wildman–Crippen LogP) is 3.50. The number of methoxy groups -OCH3 is 1. The lowest BCUT2D eigenvalue weighted by atomic mass is 9.73. The Morgan fingerprint density at radius 3 is 2.31 bits per heavy atom. The molecule has 1 fully saturated rings. The topological polar surface area (TPSA) is 21.3 Å². The third kappa shape index (κ3) is 3.46. The lowest BCUT2D eigenvalue weighted by molar-refractivity contribution is -0.0988. The minimum absolute atomic E-state index is 0.166. The van der Waals surface area contributed by atoms with Crippen LogP contribution < -0.4 is 5.32 Å². The van der Waals surface area contributed by atoms with Gasteiger partial charge >= 0.3 is 0 Å². The number of hydrogen-bond acceptors (Lipinski definition) is 2. The summed E-state index contributed by atoms with van der Waals surface area (Å²) in [4.78, 5) is 0. The predicted molar refractivity (Wildman–Crippen MR) is 69.8 cm³/mol. The zero-order valence-corrected chi connectivity index (χ0v) is 11.3. The van der Waals surface area contributed by atoms with E-state index in [2.05, 4.69) is 19.3 Å². The Morgan fingerprint density at radius 2 is 1.88 bits per heavy atom. The smallest absolute Gasteiger partial charge is 0.0830 e. The highest BCUT2D eigenvalue weighted by Gasteiger charge is 2.43. The third-order valence-corrected chi connectivity index (χ3v) is 4.19. The van der Waals surface area contributed by atoms with E-state index in [-0.39, 0.29) is 5.60 Å². The number of likely N-dealkylation sites (N-methyl/N-ethyl adjacent to an activating group) is 1. The van der Waals surface area contributed by atoms with E-state index in [1.54, 1.807) is 0 Å². The van der Waals surface area contributed by atoms with Gasteiger partial charge in [0.2, 0.25) is 0 Å². The second-order valence-corrected chi connectivity index (χ2v) is 5.17. The summed E-state index contributed by atoms with van der Waals surface area (Å²) < 4.78 is 5.74. The molecule has 1 aliphatic carbocycles. The summed E-state index contributed by atoms with van der Waals surface area (Å²) in [6, 6.07) is 0.563. The van der Waals surface area contributed by atoms with Crippen LogP contribution in [0.2, 0.25) is 0 Å². The summed E-state index contributed by atoms with van der Waals surface area (Å²) in [5.41, 5.74) is 0.166. The van der Waals surface area contributed by atoms with E-state index in [0.29, 0.717) is 6.04 Å². The van der Waals surface area contributed by atoms with Crippen LogP contribution in [-0.2, 0) is 4.74 Å². The zero-order chi connectivity index (χ0) is 11.9.